The molecule has 106 valence electrons. The summed E-state index contributed by atoms with van der Waals surface area (Å²) in [7, 11) is 0. The minimum Gasteiger partial charge on any atom is -0.352 e. The second-order valence-electron chi connectivity index (χ2n) is 5.49. The molecule has 1 aromatic carbocycles. The number of amides is 1. The van der Waals surface area contributed by atoms with Crippen molar-refractivity contribution < 1.29 is 4.79 Å². The van der Waals surface area contributed by atoms with E-state index in [1.54, 1.807) is 0 Å². The Labute approximate surface area is 138 Å². The molecule has 0 aliphatic rings. The third-order valence-electron chi connectivity index (χ3n) is 3.38. The van der Waals surface area contributed by atoms with Gasteiger partial charge in [0.05, 0.1) is 5.56 Å². The van der Waals surface area contributed by atoms with Gasteiger partial charge < -0.3 is 5.32 Å². The molecule has 0 aliphatic heterocycles. The molecule has 0 radical (unpaired) electrons. The zero-order valence-corrected chi connectivity index (χ0v) is 15.6. The summed E-state index contributed by atoms with van der Waals surface area (Å²) in [6.07, 6.45) is 0. The van der Waals surface area contributed by atoms with Crippen LogP contribution in [-0.2, 0) is 0 Å². The van der Waals surface area contributed by atoms with Crippen molar-refractivity contribution in [2.24, 2.45) is 17.8 Å². The molecule has 0 heterocycles. The molecule has 0 atom stereocenters. The average Bonchev–Trinajstić information content (AvgIpc) is 2.31. The highest BCUT2D eigenvalue weighted by molar-refractivity contribution is 14.1. The van der Waals surface area contributed by atoms with Crippen LogP contribution in [0.15, 0.2) is 22.7 Å². The molecule has 0 aromatic heterocycles. The molecule has 0 aliphatic carbocycles. The normalized spacial score (nSPS) is 11.4. The van der Waals surface area contributed by atoms with E-state index in [4.69, 9.17) is 0 Å². The van der Waals surface area contributed by atoms with Crippen molar-refractivity contribution in [3.8, 4) is 0 Å². The highest BCUT2D eigenvalue weighted by atomic mass is 127. The number of carbonyl (C=O) groups is 1. The van der Waals surface area contributed by atoms with E-state index >= 15 is 0 Å². The molecule has 1 amide bonds. The Hall–Kier alpha value is -0.100. The van der Waals surface area contributed by atoms with Gasteiger partial charge in [0.2, 0.25) is 0 Å². The summed E-state index contributed by atoms with van der Waals surface area (Å²) in [4.78, 5) is 12.2. The van der Waals surface area contributed by atoms with Crippen LogP contribution in [0.3, 0.4) is 0 Å². The summed E-state index contributed by atoms with van der Waals surface area (Å²) in [6, 6.07) is 5.77. The quantitative estimate of drug-likeness (QED) is 0.664. The van der Waals surface area contributed by atoms with Crippen molar-refractivity contribution >= 4 is 44.4 Å². The minimum absolute atomic E-state index is 0.0111. The van der Waals surface area contributed by atoms with Crippen molar-refractivity contribution in [3.63, 3.8) is 0 Å². The Morgan fingerprint density at radius 1 is 1.26 bits per heavy atom. The van der Waals surface area contributed by atoms with Gasteiger partial charge in [0.15, 0.2) is 0 Å². The van der Waals surface area contributed by atoms with E-state index in [0.717, 1.165) is 20.2 Å². The fraction of sp³-hybridized carbons (Fsp3) is 0.533. The number of rotatable bonds is 5. The van der Waals surface area contributed by atoms with Gasteiger partial charge in [-0.15, -0.1) is 0 Å². The summed E-state index contributed by atoms with van der Waals surface area (Å²) in [5.41, 5.74) is 0.737. The molecule has 0 bridgehead atoms. The Bertz CT molecular complexity index is 438. The van der Waals surface area contributed by atoms with Gasteiger partial charge in [0.1, 0.15) is 0 Å². The molecule has 1 rings (SSSR count). The van der Waals surface area contributed by atoms with Crippen LogP contribution in [0, 0.1) is 21.3 Å². The Kier molecular flexibility index (Phi) is 6.80. The summed E-state index contributed by atoms with van der Waals surface area (Å²) in [5.74, 6) is 1.66. The van der Waals surface area contributed by atoms with Crippen LogP contribution in [0.25, 0.3) is 0 Å². The van der Waals surface area contributed by atoms with Crippen molar-refractivity contribution in [2.45, 2.75) is 27.7 Å². The monoisotopic (exact) mass is 437 g/mol. The fourth-order valence-corrected chi connectivity index (χ4v) is 3.16. The van der Waals surface area contributed by atoms with Crippen molar-refractivity contribution in [1.82, 2.24) is 5.32 Å². The van der Waals surface area contributed by atoms with E-state index < -0.39 is 0 Å². The molecule has 0 saturated carbocycles. The summed E-state index contributed by atoms with van der Waals surface area (Å²) < 4.78 is 1.91. The van der Waals surface area contributed by atoms with Gasteiger partial charge in [-0.25, -0.2) is 0 Å². The van der Waals surface area contributed by atoms with Crippen molar-refractivity contribution in [2.75, 3.05) is 6.54 Å². The molecule has 0 saturated heterocycles. The zero-order chi connectivity index (χ0) is 14.6. The molecule has 1 N–H and O–H groups in total. The van der Waals surface area contributed by atoms with Gasteiger partial charge in [0.25, 0.3) is 5.91 Å². The lowest BCUT2D eigenvalue weighted by molar-refractivity contribution is 0.0936. The van der Waals surface area contributed by atoms with Crippen LogP contribution in [0.2, 0.25) is 0 Å². The molecular formula is C15H21BrINO. The second-order valence-corrected chi connectivity index (χ2v) is 7.56. The highest BCUT2D eigenvalue weighted by Gasteiger charge is 2.19. The number of benzene rings is 1. The molecule has 19 heavy (non-hydrogen) atoms. The summed E-state index contributed by atoms with van der Waals surface area (Å²) in [5, 5.41) is 3.07. The predicted octanol–water partition coefficient (Wildman–Crippen LogP) is 4.71. The maximum atomic E-state index is 12.2. The fourth-order valence-electron chi connectivity index (χ4n) is 2.22. The second kappa shape index (κ2) is 7.62. The maximum Gasteiger partial charge on any atom is 0.252 e. The molecule has 4 heteroatoms. The predicted molar refractivity (Wildman–Crippen MR) is 92.4 cm³/mol. The van der Waals surface area contributed by atoms with Crippen LogP contribution < -0.4 is 5.32 Å². The van der Waals surface area contributed by atoms with E-state index in [1.165, 1.54) is 0 Å². The lowest BCUT2D eigenvalue weighted by Gasteiger charge is -2.25. The van der Waals surface area contributed by atoms with E-state index in [-0.39, 0.29) is 5.91 Å². The molecule has 0 fully saturated rings. The van der Waals surface area contributed by atoms with Crippen LogP contribution >= 0.6 is 38.5 Å². The molecule has 1 aromatic rings. The zero-order valence-electron chi connectivity index (χ0n) is 11.8. The SMILES string of the molecule is CC(C)C(CNC(=O)c1cc(Br)ccc1I)C(C)C. The summed E-state index contributed by atoms with van der Waals surface area (Å²) >= 11 is 5.60. The number of nitrogens with one attached hydrogen (secondary N) is 1. The van der Waals surface area contributed by atoms with Gasteiger partial charge in [-0.3, -0.25) is 4.79 Å². The first-order valence-electron chi connectivity index (χ1n) is 6.56. The Morgan fingerprint density at radius 2 is 1.84 bits per heavy atom. The molecule has 2 nitrogen and oxygen atoms in total. The van der Waals surface area contributed by atoms with Crippen LogP contribution in [0.5, 0.6) is 0 Å². The molecule has 0 unspecified atom stereocenters. The van der Waals surface area contributed by atoms with E-state index in [9.17, 15) is 4.79 Å². The topological polar surface area (TPSA) is 29.1 Å². The lowest BCUT2D eigenvalue weighted by atomic mass is 9.85. The van der Waals surface area contributed by atoms with Gasteiger partial charge >= 0.3 is 0 Å². The van der Waals surface area contributed by atoms with Gasteiger partial charge in [-0.05, 0) is 58.5 Å². The number of hydrogen-bond acceptors (Lipinski definition) is 1. The first-order chi connectivity index (χ1) is 8.82. The van der Waals surface area contributed by atoms with Crippen molar-refractivity contribution in [1.29, 1.82) is 0 Å². The van der Waals surface area contributed by atoms with E-state index in [2.05, 4.69) is 71.5 Å². The van der Waals surface area contributed by atoms with Gasteiger partial charge in [-0.2, -0.15) is 0 Å². The minimum atomic E-state index is 0.0111. The average molecular weight is 438 g/mol. The molecular weight excluding hydrogens is 417 g/mol. The Morgan fingerprint density at radius 3 is 2.37 bits per heavy atom. The third-order valence-corrected chi connectivity index (χ3v) is 4.82. The number of carbonyl (C=O) groups excluding carboxylic acids is 1. The number of hydrogen-bond donors (Lipinski definition) is 1. The van der Waals surface area contributed by atoms with Crippen molar-refractivity contribution in [3.05, 3.63) is 31.8 Å². The van der Waals surface area contributed by atoms with Crippen LogP contribution in [-0.4, -0.2) is 12.5 Å². The third kappa shape index (κ3) is 5.06. The first-order valence-corrected chi connectivity index (χ1v) is 8.43. The standard InChI is InChI=1S/C15H21BrINO/c1-9(2)13(10(3)4)8-18-15(19)12-7-11(16)5-6-14(12)17/h5-7,9-10,13H,8H2,1-4H3,(H,18,19). The van der Waals surface area contributed by atoms with Crippen LogP contribution in [0.1, 0.15) is 38.1 Å². The Balaban J connectivity index is 2.72. The smallest absolute Gasteiger partial charge is 0.252 e. The van der Waals surface area contributed by atoms with Gasteiger partial charge in [-0.1, -0.05) is 43.6 Å². The lowest BCUT2D eigenvalue weighted by Crippen LogP contribution is -2.34. The first kappa shape index (κ1) is 17.0. The summed E-state index contributed by atoms with van der Waals surface area (Å²) in [6.45, 7) is 9.56. The van der Waals surface area contributed by atoms with E-state index in [1.807, 2.05) is 18.2 Å². The van der Waals surface area contributed by atoms with E-state index in [0.29, 0.717) is 17.8 Å². The number of halogens is 2. The van der Waals surface area contributed by atoms with Gasteiger partial charge in [0, 0.05) is 14.6 Å². The molecule has 0 spiro atoms. The highest BCUT2D eigenvalue weighted by Crippen LogP contribution is 2.21. The van der Waals surface area contributed by atoms with Crippen LogP contribution in [0.4, 0.5) is 0 Å². The largest absolute Gasteiger partial charge is 0.352 e. The maximum absolute atomic E-state index is 12.2.